The first-order valence-corrected chi connectivity index (χ1v) is 6.28. The Kier molecular flexibility index (Phi) is 3.05. The summed E-state index contributed by atoms with van der Waals surface area (Å²) in [6, 6.07) is 0. The second-order valence-corrected chi connectivity index (χ2v) is 4.96. The van der Waals surface area contributed by atoms with E-state index in [1.54, 1.807) is 0 Å². The maximum Gasteiger partial charge on any atom is 0.233 e. The molecular weight excluding hydrogens is 210 g/mol. The molecule has 0 aromatic carbocycles. The Morgan fingerprint density at radius 2 is 1.80 bits per heavy atom. The standard InChI is InChI=1S/C11H17NO2S/c1-2-7-5-8-9(6-7)11(14)12(3-4-15)10(8)13/h7-9,15H,2-6H2,1H3. The molecule has 1 saturated heterocycles. The Labute approximate surface area is 95.6 Å². The van der Waals surface area contributed by atoms with Crippen molar-refractivity contribution in [1.82, 2.24) is 4.90 Å². The van der Waals surface area contributed by atoms with Crippen LogP contribution in [0.3, 0.4) is 0 Å². The van der Waals surface area contributed by atoms with Crippen molar-refractivity contribution >= 4 is 24.4 Å². The summed E-state index contributed by atoms with van der Waals surface area (Å²) in [7, 11) is 0. The molecule has 2 unspecified atom stereocenters. The molecule has 2 rings (SSSR count). The van der Waals surface area contributed by atoms with Gasteiger partial charge in [-0.25, -0.2) is 0 Å². The van der Waals surface area contributed by atoms with Crippen molar-refractivity contribution in [2.24, 2.45) is 17.8 Å². The average Bonchev–Trinajstić information content (AvgIpc) is 2.75. The van der Waals surface area contributed by atoms with Crippen molar-refractivity contribution in [3.05, 3.63) is 0 Å². The van der Waals surface area contributed by atoms with Crippen molar-refractivity contribution in [3.63, 3.8) is 0 Å². The van der Waals surface area contributed by atoms with Crippen LogP contribution in [0.25, 0.3) is 0 Å². The Morgan fingerprint density at radius 1 is 1.27 bits per heavy atom. The number of imide groups is 1. The Morgan fingerprint density at radius 3 is 2.20 bits per heavy atom. The quantitative estimate of drug-likeness (QED) is 0.583. The van der Waals surface area contributed by atoms with Crippen LogP contribution in [-0.4, -0.2) is 29.0 Å². The van der Waals surface area contributed by atoms with Crippen molar-refractivity contribution in [1.29, 1.82) is 0 Å². The van der Waals surface area contributed by atoms with E-state index >= 15 is 0 Å². The van der Waals surface area contributed by atoms with E-state index in [0.29, 0.717) is 18.2 Å². The molecule has 2 amide bonds. The number of carbonyl (C=O) groups is 2. The van der Waals surface area contributed by atoms with E-state index in [9.17, 15) is 9.59 Å². The fourth-order valence-corrected chi connectivity index (χ4v) is 3.05. The molecule has 2 atom stereocenters. The minimum Gasteiger partial charge on any atom is -0.281 e. The van der Waals surface area contributed by atoms with Gasteiger partial charge < -0.3 is 0 Å². The zero-order valence-corrected chi connectivity index (χ0v) is 9.87. The van der Waals surface area contributed by atoms with Gasteiger partial charge in [0.15, 0.2) is 0 Å². The molecule has 0 aromatic rings. The van der Waals surface area contributed by atoms with E-state index in [4.69, 9.17) is 0 Å². The molecule has 2 aliphatic rings. The van der Waals surface area contributed by atoms with Crippen LogP contribution in [-0.2, 0) is 9.59 Å². The molecule has 0 bridgehead atoms. The molecule has 2 fully saturated rings. The highest BCUT2D eigenvalue weighted by atomic mass is 32.1. The van der Waals surface area contributed by atoms with Gasteiger partial charge >= 0.3 is 0 Å². The first-order valence-electron chi connectivity index (χ1n) is 5.65. The molecular formula is C11H17NO2S. The molecule has 1 heterocycles. The monoisotopic (exact) mass is 227 g/mol. The topological polar surface area (TPSA) is 37.4 Å². The number of carbonyl (C=O) groups excluding carboxylic acids is 2. The first kappa shape index (κ1) is 11.0. The third-order valence-electron chi connectivity index (χ3n) is 3.73. The highest BCUT2D eigenvalue weighted by molar-refractivity contribution is 7.80. The van der Waals surface area contributed by atoms with Crippen LogP contribution in [0.15, 0.2) is 0 Å². The molecule has 0 radical (unpaired) electrons. The van der Waals surface area contributed by atoms with Crippen LogP contribution in [0.4, 0.5) is 0 Å². The molecule has 15 heavy (non-hydrogen) atoms. The number of nitrogens with zero attached hydrogens (tertiary/aromatic N) is 1. The molecule has 0 aromatic heterocycles. The minimum absolute atomic E-state index is 0.0117. The summed E-state index contributed by atoms with van der Waals surface area (Å²) >= 11 is 4.07. The molecule has 0 spiro atoms. The van der Waals surface area contributed by atoms with Gasteiger partial charge in [0.25, 0.3) is 0 Å². The van der Waals surface area contributed by atoms with E-state index in [2.05, 4.69) is 19.6 Å². The highest BCUT2D eigenvalue weighted by Crippen LogP contribution is 2.44. The second-order valence-electron chi connectivity index (χ2n) is 4.51. The van der Waals surface area contributed by atoms with Crippen LogP contribution >= 0.6 is 12.6 Å². The van der Waals surface area contributed by atoms with Crippen LogP contribution in [0, 0.1) is 17.8 Å². The fraction of sp³-hybridized carbons (Fsp3) is 0.818. The lowest BCUT2D eigenvalue weighted by atomic mass is 10.00. The van der Waals surface area contributed by atoms with Crippen molar-refractivity contribution < 1.29 is 9.59 Å². The number of likely N-dealkylation sites (tertiary alicyclic amines) is 1. The normalized spacial score (nSPS) is 35.1. The van der Waals surface area contributed by atoms with Gasteiger partial charge in [-0.05, 0) is 18.8 Å². The van der Waals surface area contributed by atoms with Gasteiger partial charge in [0, 0.05) is 12.3 Å². The summed E-state index contributed by atoms with van der Waals surface area (Å²) < 4.78 is 0. The van der Waals surface area contributed by atoms with E-state index in [-0.39, 0.29) is 23.7 Å². The molecule has 1 aliphatic heterocycles. The Balaban J connectivity index is 2.11. The van der Waals surface area contributed by atoms with Crippen LogP contribution in [0.5, 0.6) is 0 Å². The molecule has 4 heteroatoms. The number of rotatable bonds is 3. The van der Waals surface area contributed by atoms with Crippen LogP contribution in [0.2, 0.25) is 0 Å². The molecule has 1 saturated carbocycles. The van der Waals surface area contributed by atoms with E-state index in [1.165, 1.54) is 4.90 Å². The lowest BCUT2D eigenvalue weighted by Crippen LogP contribution is -2.33. The third kappa shape index (κ3) is 1.69. The fourth-order valence-electron chi connectivity index (χ4n) is 2.85. The maximum absolute atomic E-state index is 11.9. The largest absolute Gasteiger partial charge is 0.281 e. The number of thiol groups is 1. The number of fused-ring (bicyclic) bond motifs is 1. The lowest BCUT2D eigenvalue weighted by Gasteiger charge is -2.15. The first-order chi connectivity index (χ1) is 7.19. The maximum atomic E-state index is 11.9. The summed E-state index contributed by atoms with van der Waals surface area (Å²) in [6.07, 6.45) is 2.91. The molecule has 3 nitrogen and oxygen atoms in total. The molecule has 1 aliphatic carbocycles. The summed E-state index contributed by atoms with van der Waals surface area (Å²) in [6.45, 7) is 2.61. The van der Waals surface area contributed by atoms with E-state index in [0.717, 1.165) is 19.3 Å². The number of hydrogen-bond donors (Lipinski definition) is 1. The zero-order chi connectivity index (χ0) is 11.0. The van der Waals surface area contributed by atoms with Crippen molar-refractivity contribution in [2.75, 3.05) is 12.3 Å². The predicted molar refractivity (Wildman–Crippen MR) is 60.6 cm³/mol. The molecule has 84 valence electrons. The predicted octanol–water partition coefficient (Wildman–Crippen LogP) is 1.34. The summed E-state index contributed by atoms with van der Waals surface area (Å²) in [5, 5.41) is 0. The van der Waals surface area contributed by atoms with Crippen LogP contribution in [0.1, 0.15) is 26.2 Å². The number of amides is 2. The van der Waals surface area contributed by atoms with Gasteiger partial charge in [0.2, 0.25) is 11.8 Å². The summed E-state index contributed by atoms with van der Waals surface area (Å²) in [5.41, 5.74) is 0. The summed E-state index contributed by atoms with van der Waals surface area (Å²) in [4.78, 5) is 25.3. The lowest BCUT2D eigenvalue weighted by molar-refractivity contribution is -0.140. The highest BCUT2D eigenvalue weighted by Gasteiger charge is 2.51. The Hall–Kier alpha value is -0.510. The van der Waals surface area contributed by atoms with Gasteiger partial charge in [-0.3, -0.25) is 14.5 Å². The van der Waals surface area contributed by atoms with Crippen molar-refractivity contribution in [3.8, 4) is 0 Å². The van der Waals surface area contributed by atoms with Crippen LogP contribution < -0.4 is 0 Å². The average molecular weight is 227 g/mol. The van der Waals surface area contributed by atoms with E-state index < -0.39 is 0 Å². The summed E-state index contributed by atoms with van der Waals surface area (Å²) in [5.74, 6) is 1.22. The van der Waals surface area contributed by atoms with Gasteiger partial charge in [-0.2, -0.15) is 12.6 Å². The van der Waals surface area contributed by atoms with Gasteiger partial charge in [-0.15, -0.1) is 0 Å². The Bertz CT molecular complexity index is 268. The SMILES string of the molecule is CCC1CC2C(=O)N(CCS)C(=O)C2C1. The zero-order valence-electron chi connectivity index (χ0n) is 8.98. The number of hydrogen-bond acceptors (Lipinski definition) is 3. The van der Waals surface area contributed by atoms with Gasteiger partial charge in [0.1, 0.15) is 0 Å². The smallest absolute Gasteiger partial charge is 0.233 e. The molecule has 0 N–H and O–H groups in total. The van der Waals surface area contributed by atoms with Gasteiger partial charge in [-0.1, -0.05) is 13.3 Å². The van der Waals surface area contributed by atoms with E-state index in [1.807, 2.05) is 0 Å². The van der Waals surface area contributed by atoms with Gasteiger partial charge in [0.05, 0.1) is 11.8 Å². The van der Waals surface area contributed by atoms with Crippen molar-refractivity contribution in [2.45, 2.75) is 26.2 Å². The minimum atomic E-state index is -0.0117. The third-order valence-corrected chi connectivity index (χ3v) is 3.93. The second kappa shape index (κ2) is 4.16.